The fourth-order valence-corrected chi connectivity index (χ4v) is 1.87. The summed E-state index contributed by atoms with van der Waals surface area (Å²) in [5.41, 5.74) is 2.97. The minimum absolute atomic E-state index is 0.139. The van der Waals surface area contributed by atoms with Gasteiger partial charge in [0.1, 0.15) is 5.15 Å². The maximum Gasteiger partial charge on any atom is 0.255 e. The number of pyridine rings is 1. The largest absolute Gasteiger partial charge is 0.320 e. The van der Waals surface area contributed by atoms with E-state index in [1.54, 1.807) is 25.1 Å². The highest BCUT2D eigenvalue weighted by atomic mass is 35.5. The van der Waals surface area contributed by atoms with Gasteiger partial charge in [-0.05, 0) is 37.6 Å². The van der Waals surface area contributed by atoms with Gasteiger partial charge in [-0.3, -0.25) is 4.79 Å². The van der Waals surface area contributed by atoms with Crippen LogP contribution in [0.5, 0.6) is 0 Å². The van der Waals surface area contributed by atoms with Crippen molar-refractivity contribution in [3.05, 3.63) is 58.4 Å². The second kappa shape index (κ2) is 5.19. The number of amides is 1. The van der Waals surface area contributed by atoms with Gasteiger partial charge < -0.3 is 5.32 Å². The number of hydrogen-bond acceptors (Lipinski definition) is 2. The van der Waals surface area contributed by atoms with E-state index in [1.807, 2.05) is 25.1 Å². The van der Waals surface area contributed by atoms with Gasteiger partial charge in [-0.15, -0.1) is 0 Å². The molecule has 0 aliphatic rings. The molecule has 0 aliphatic carbocycles. The van der Waals surface area contributed by atoms with E-state index >= 15 is 0 Å². The maximum atomic E-state index is 12.1. The third-order valence-corrected chi connectivity index (χ3v) is 2.90. The van der Waals surface area contributed by atoms with Gasteiger partial charge in [-0.25, -0.2) is 4.98 Å². The van der Waals surface area contributed by atoms with Crippen LogP contribution in [0.4, 0.5) is 5.69 Å². The number of nitrogens with one attached hydrogen (secondary N) is 1. The molecule has 1 heterocycles. The summed E-state index contributed by atoms with van der Waals surface area (Å²) in [5, 5.41) is 3.25. The molecule has 1 amide bonds. The van der Waals surface area contributed by atoms with Crippen molar-refractivity contribution in [2.24, 2.45) is 0 Å². The zero-order valence-electron chi connectivity index (χ0n) is 10.2. The molecule has 0 saturated carbocycles. The first-order valence-corrected chi connectivity index (χ1v) is 5.96. The lowest BCUT2D eigenvalue weighted by molar-refractivity contribution is 0.102. The molecule has 92 valence electrons. The molecule has 1 aromatic heterocycles. The van der Waals surface area contributed by atoms with Crippen LogP contribution >= 0.6 is 11.6 Å². The summed E-state index contributed by atoms with van der Waals surface area (Å²) in [4.78, 5) is 16.2. The van der Waals surface area contributed by atoms with Crippen LogP contribution in [0.2, 0.25) is 5.15 Å². The predicted octanol–water partition coefficient (Wildman–Crippen LogP) is 3.60. The fourth-order valence-electron chi connectivity index (χ4n) is 1.68. The molecule has 0 unspecified atom stereocenters. The molecule has 3 nitrogen and oxygen atoms in total. The molecular weight excluding hydrogens is 248 g/mol. The van der Waals surface area contributed by atoms with Crippen molar-refractivity contribution in [3.8, 4) is 0 Å². The number of carbonyl (C=O) groups is 1. The number of aromatic nitrogens is 1. The van der Waals surface area contributed by atoms with Crippen molar-refractivity contribution in [1.29, 1.82) is 0 Å². The van der Waals surface area contributed by atoms with Crippen molar-refractivity contribution < 1.29 is 4.79 Å². The van der Waals surface area contributed by atoms with Gasteiger partial charge in [0.15, 0.2) is 0 Å². The summed E-state index contributed by atoms with van der Waals surface area (Å²) in [6.07, 6.45) is 0. The zero-order chi connectivity index (χ0) is 13.1. The molecule has 0 atom stereocenters. The number of hydrogen-bond donors (Lipinski definition) is 1. The highest BCUT2D eigenvalue weighted by Crippen LogP contribution is 2.17. The summed E-state index contributed by atoms with van der Waals surface area (Å²) in [6.45, 7) is 3.71. The Kier molecular flexibility index (Phi) is 3.63. The van der Waals surface area contributed by atoms with Crippen LogP contribution in [0.3, 0.4) is 0 Å². The smallest absolute Gasteiger partial charge is 0.255 e. The maximum absolute atomic E-state index is 12.1. The average Bonchev–Trinajstić information content (AvgIpc) is 2.33. The van der Waals surface area contributed by atoms with E-state index in [-0.39, 0.29) is 5.91 Å². The Morgan fingerprint density at radius 1 is 1.17 bits per heavy atom. The quantitative estimate of drug-likeness (QED) is 0.839. The number of rotatable bonds is 2. The van der Waals surface area contributed by atoms with Crippen LogP contribution in [0, 0.1) is 13.8 Å². The summed E-state index contributed by atoms with van der Waals surface area (Å²) < 4.78 is 0. The summed E-state index contributed by atoms with van der Waals surface area (Å²) in [5.74, 6) is -0.139. The van der Waals surface area contributed by atoms with Crippen LogP contribution in [0.1, 0.15) is 21.6 Å². The van der Waals surface area contributed by atoms with Crippen LogP contribution in [0.15, 0.2) is 36.4 Å². The van der Waals surface area contributed by atoms with Crippen LogP contribution in [0.25, 0.3) is 0 Å². The third kappa shape index (κ3) is 2.68. The monoisotopic (exact) mass is 260 g/mol. The second-order valence-corrected chi connectivity index (χ2v) is 4.42. The minimum atomic E-state index is -0.139. The summed E-state index contributed by atoms with van der Waals surface area (Å²) in [6, 6.07) is 10.9. The highest BCUT2D eigenvalue weighted by Gasteiger charge is 2.10. The van der Waals surface area contributed by atoms with Crippen molar-refractivity contribution in [2.75, 3.05) is 5.32 Å². The van der Waals surface area contributed by atoms with Gasteiger partial charge in [0.2, 0.25) is 0 Å². The molecular formula is C14H13ClN2O. The van der Waals surface area contributed by atoms with Gasteiger partial charge in [-0.2, -0.15) is 0 Å². The molecule has 0 aliphatic heterocycles. The van der Waals surface area contributed by atoms with Crippen LogP contribution < -0.4 is 5.32 Å². The molecule has 0 spiro atoms. The highest BCUT2D eigenvalue weighted by molar-refractivity contribution is 6.29. The summed E-state index contributed by atoms with van der Waals surface area (Å²) >= 11 is 5.77. The summed E-state index contributed by atoms with van der Waals surface area (Å²) in [7, 11) is 0. The second-order valence-electron chi connectivity index (χ2n) is 4.04. The van der Waals surface area contributed by atoms with Gasteiger partial charge >= 0.3 is 0 Å². The topological polar surface area (TPSA) is 42.0 Å². The molecule has 0 fully saturated rings. The van der Waals surface area contributed by atoms with E-state index in [1.165, 1.54) is 0 Å². The van der Waals surface area contributed by atoms with Crippen LogP contribution in [-0.2, 0) is 0 Å². The third-order valence-electron chi connectivity index (χ3n) is 2.69. The number of nitrogens with zero attached hydrogens (tertiary/aromatic N) is 1. The Labute approximate surface area is 111 Å². The lowest BCUT2D eigenvalue weighted by Gasteiger charge is -2.09. The van der Waals surface area contributed by atoms with E-state index in [0.717, 1.165) is 5.56 Å². The van der Waals surface area contributed by atoms with E-state index in [4.69, 9.17) is 11.6 Å². The van der Waals surface area contributed by atoms with E-state index < -0.39 is 0 Å². The van der Waals surface area contributed by atoms with Crippen molar-refractivity contribution >= 4 is 23.2 Å². The molecule has 0 bridgehead atoms. The molecule has 4 heteroatoms. The molecule has 1 N–H and O–H groups in total. The number of benzene rings is 1. The minimum Gasteiger partial charge on any atom is -0.320 e. The van der Waals surface area contributed by atoms with Gasteiger partial charge in [0.25, 0.3) is 5.91 Å². The Hall–Kier alpha value is -1.87. The Bertz CT molecular complexity index is 596. The van der Waals surface area contributed by atoms with Crippen molar-refractivity contribution in [3.63, 3.8) is 0 Å². The molecule has 18 heavy (non-hydrogen) atoms. The zero-order valence-corrected chi connectivity index (χ0v) is 11.0. The van der Waals surface area contributed by atoms with Gasteiger partial charge in [0.05, 0.1) is 11.4 Å². The van der Waals surface area contributed by atoms with E-state index in [2.05, 4.69) is 10.3 Å². The normalized spacial score (nSPS) is 10.2. The SMILES string of the molecule is Cc1ccccc1C(=O)Nc1ccc(Cl)nc1C. The predicted molar refractivity (Wildman–Crippen MR) is 73.1 cm³/mol. The number of carbonyl (C=O) groups excluding carboxylic acids is 1. The standard InChI is InChI=1S/C14H13ClN2O/c1-9-5-3-4-6-11(9)14(18)17-12-7-8-13(15)16-10(12)2/h3-8H,1-2H3,(H,17,18). The first-order valence-electron chi connectivity index (χ1n) is 5.58. The van der Waals surface area contributed by atoms with Gasteiger partial charge in [-0.1, -0.05) is 29.8 Å². The van der Waals surface area contributed by atoms with Gasteiger partial charge in [0, 0.05) is 5.56 Å². The Morgan fingerprint density at radius 3 is 2.56 bits per heavy atom. The lowest BCUT2D eigenvalue weighted by Crippen LogP contribution is -2.14. The van der Waals surface area contributed by atoms with Crippen molar-refractivity contribution in [2.45, 2.75) is 13.8 Å². The van der Waals surface area contributed by atoms with E-state index in [0.29, 0.717) is 22.1 Å². The number of aryl methyl sites for hydroxylation is 2. The first-order chi connectivity index (χ1) is 8.58. The number of halogens is 1. The fraction of sp³-hybridized carbons (Fsp3) is 0.143. The molecule has 2 rings (SSSR count). The Morgan fingerprint density at radius 2 is 1.89 bits per heavy atom. The average molecular weight is 261 g/mol. The molecule has 0 radical (unpaired) electrons. The molecule has 2 aromatic rings. The van der Waals surface area contributed by atoms with Crippen molar-refractivity contribution in [1.82, 2.24) is 4.98 Å². The molecule has 0 saturated heterocycles. The lowest BCUT2D eigenvalue weighted by atomic mass is 10.1. The number of anilines is 1. The first kappa shape index (κ1) is 12.6. The van der Waals surface area contributed by atoms with Crippen LogP contribution in [-0.4, -0.2) is 10.9 Å². The Balaban J connectivity index is 2.24. The van der Waals surface area contributed by atoms with E-state index in [9.17, 15) is 4.79 Å². The molecule has 1 aromatic carbocycles.